The molecule has 0 aliphatic rings. The van der Waals surface area contributed by atoms with E-state index in [1.165, 1.54) is 7.11 Å². The zero-order valence-electron chi connectivity index (χ0n) is 9.70. The number of rotatable bonds is 6. The van der Waals surface area contributed by atoms with Gasteiger partial charge in [-0.05, 0) is 24.6 Å². The van der Waals surface area contributed by atoms with Crippen molar-refractivity contribution < 1.29 is 14.3 Å². The van der Waals surface area contributed by atoms with Crippen LogP contribution in [0.4, 0.5) is 0 Å². The molecule has 94 valence electrons. The molecule has 0 N–H and O–H groups in total. The van der Waals surface area contributed by atoms with Gasteiger partial charge in [-0.1, -0.05) is 34.5 Å². The lowest BCUT2D eigenvalue weighted by molar-refractivity contribution is 0.0990. The van der Waals surface area contributed by atoms with E-state index >= 15 is 0 Å². The molecule has 1 unspecified atom stereocenters. The molecule has 0 spiro atoms. The number of halogens is 2. The van der Waals surface area contributed by atoms with Crippen LogP contribution >= 0.6 is 27.5 Å². The van der Waals surface area contributed by atoms with Gasteiger partial charge >= 0.3 is 0 Å². The Bertz CT molecular complexity index is 395. The van der Waals surface area contributed by atoms with Gasteiger partial charge in [-0.25, -0.2) is 0 Å². The van der Waals surface area contributed by atoms with E-state index in [1.54, 1.807) is 18.2 Å². The molecule has 3 nitrogen and oxygen atoms in total. The van der Waals surface area contributed by atoms with Crippen molar-refractivity contribution in [1.29, 1.82) is 0 Å². The summed E-state index contributed by atoms with van der Waals surface area (Å²) in [5.41, 5.74) is 0.590. The molecule has 5 heteroatoms. The van der Waals surface area contributed by atoms with E-state index in [0.29, 0.717) is 17.1 Å². The molecule has 0 bridgehead atoms. The monoisotopic (exact) mass is 320 g/mol. The van der Waals surface area contributed by atoms with Crippen molar-refractivity contribution in [2.75, 3.05) is 13.2 Å². The minimum Gasteiger partial charge on any atom is -0.493 e. The van der Waals surface area contributed by atoms with Gasteiger partial charge in [0.05, 0.1) is 11.9 Å². The topological polar surface area (TPSA) is 35.5 Å². The molecule has 0 saturated carbocycles. The Morgan fingerprint density at radius 1 is 1.47 bits per heavy atom. The highest BCUT2D eigenvalue weighted by Crippen LogP contribution is 2.29. The Kier molecular flexibility index (Phi) is 5.78. The maximum Gasteiger partial charge on any atom is 0.176 e. The smallest absolute Gasteiger partial charge is 0.176 e. The van der Waals surface area contributed by atoms with Crippen LogP contribution in [-0.2, 0) is 0 Å². The van der Waals surface area contributed by atoms with Crippen LogP contribution in [-0.4, -0.2) is 23.8 Å². The number of carbonyl (C=O) groups excluding carboxylic acids is 1. The van der Waals surface area contributed by atoms with Crippen molar-refractivity contribution in [3.8, 4) is 11.5 Å². The second-order valence-electron chi connectivity index (χ2n) is 3.36. The van der Waals surface area contributed by atoms with E-state index in [4.69, 9.17) is 21.1 Å². The second kappa shape index (κ2) is 6.87. The second-order valence-corrected chi connectivity index (χ2v) is 4.68. The highest BCUT2D eigenvalue weighted by molar-refractivity contribution is 9.10. The van der Waals surface area contributed by atoms with Crippen molar-refractivity contribution in [1.82, 2.24) is 0 Å². The number of ether oxygens (including phenoxy) is 2. The van der Waals surface area contributed by atoms with Crippen LogP contribution < -0.4 is 9.47 Å². The molecule has 1 aromatic carbocycles. The average Bonchev–Trinajstić information content (AvgIpc) is 2.37. The van der Waals surface area contributed by atoms with Gasteiger partial charge in [-0.2, -0.15) is 0 Å². The third kappa shape index (κ3) is 3.61. The molecule has 0 saturated heterocycles. The Morgan fingerprint density at radius 3 is 2.71 bits per heavy atom. The molecule has 0 heterocycles. The summed E-state index contributed by atoms with van der Waals surface area (Å²) < 4.78 is 10.3. The van der Waals surface area contributed by atoms with Gasteiger partial charge < -0.3 is 9.47 Å². The minimum atomic E-state index is -0.174. The van der Waals surface area contributed by atoms with E-state index in [9.17, 15) is 4.79 Å². The zero-order valence-corrected chi connectivity index (χ0v) is 12.0. The number of benzene rings is 1. The molecule has 0 aliphatic heterocycles. The SMILES string of the molecule is CCC(Br)C(=O)c1ccc(OCCl)c(OC)c1. The van der Waals surface area contributed by atoms with Crippen LogP contribution in [0.1, 0.15) is 23.7 Å². The first-order valence-corrected chi connectivity index (χ1v) is 6.64. The van der Waals surface area contributed by atoms with Crippen LogP contribution in [0.25, 0.3) is 0 Å². The van der Waals surface area contributed by atoms with Gasteiger partial charge in [-0.15, -0.1) is 0 Å². The summed E-state index contributed by atoms with van der Waals surface area (Å²) in [5.74, 6) is 1.07. The van der Waals surface area contributed by atoms with E-state index < -0.39 is 0 Å². The van der Waals surface area contributed by atoms with Crippen LogP contribution in [0.2, 0.25) is 0 Å². The Balaban J connectivity index is 3.00. The minimum absolute atomic E-state index is 0.0308. The molecule has 0 aromatic heterocycles. The molecule has 0 amide bonds. The first-order chi connectivity index (χ1) is 8.13. The molecule has 1 aromatic rings. The lowest BCUT2D eigenvalue weighted by atomic mass is 10.1. The van der Waals surface area contributed by atoms with Crippen molar-refractivity contribution in [3.63, 3.8) is 0 Å². The summed E-state index contributed by atoms with van der Waals surface area (Å²) >= 11 is 8.82. The van der Waals surface area contributed by atoms with E-state index in [2.05, 4.69) is 15.9 Å². The largest absolute Gasteiger partial charge is 0.493 e. The molecule has 1 atom stereocenters. The molecular formula is C12H14BrClO3. The molecular weight excluding hydrogens is 307 g/mol. The molecule has 1 rings (SSSR count). The maximum atomic E-state index is 11.9. The first-order valence-electron chi connectivity index (χ1n) is 5.19. The zero-order chi connectivity index (χ0) is 12.8. The van der Waals surface area contributed by atoms with Crippen molar-refractivity contribution in [2.45, 2.75) is 18.2 Å². The fourth-order valence-corrected chi connectivity index (χ4v) is 1.75. The molecule has 0 fully saturated rings. The maximum absolute atomic E-state index is 11.9. The summed E-state index contributed by atoms with van der Waals surface area (Å²) in [5, 5.41) is 0. The summed E-state index contributed by atoms with van der Waals surface area (Å²) in [4.78, 5) is 11.8. The summed E-state index contributed by atoms with van der Waals surface area (Å²) in [7, 11) is 1.52. The molecule has 0 aliphatic carbocycles. The van der Waals surface area contributed by atoms with E-state index in [0.717, 1.165) is 6.42 Å². The number of Topliss-reactive ketones (excluding diaryl/α,β-unsaturated/α-hetero) is 1. The third-order valence-corrected chi connectivity index (χ3v) is 3.47. The highest BCUT2D eigenvalue weighted by atomic mass is 79.9. The van der Waals surface area contributed by atoms with Gasteiger partial charge in [0, 0.05) is 5.56 Å². The Hall–Kier alpha value is -0.740. The number of ketones is 1. The lowest BCUT2D eigenvalue weighted by Crippen LogP contribution is -2.13. The number of hydrogen-bond donors (Lipinski definition) is 0. The number of methoxy groups -OCH3 is 1. The average molecular weight is 322 g/mol. The van der Waals surface area contributed by atoms with Crippen LogP contribution in [0, 0.1) is 0 Å². The van der Waals surface area contributed by atoms with Crippen LogP contribution in [0.15, 0.2) is 18.2 Å². The molecule has 0 radical (unpaired) electrons. The fraction of sp³-hybridized carbons (Fsp3) is 0.417. The standard InChI is InChI=1S/C12H14BrClO3/c1-3-9(13)12(15)8-4-5-10(17-7-14)11(6-8)16-2/h4-6,9H,3,7H2,1-2H3. The van der Waals surface area contributed by atoms with Gasteiger partial charge in [0.2, 0.25) is 0 Å². The Morgan fingerprint density at radius 2 is 2.18 bits per heavy atom. The van der Waals surface area contributed by atoms with Gasteiger partial charge in [0.1, 0.15) is 0 Å². The quantitative estimate of drug-likeness (QED) is 0.593. The van der Waals surface area contributed by atoms with Crippen LogP contribution in [0.5, 0.6) is 11.5 Å². The van der Waals surface area contributed by atoms with Crippen LogP contribution in [0.3, 0.4) is 0 Å². The first kappa shape index (κ1) is 14.3. The number of hydrogen-bond acceptors (Lipinski definition) is 3. The van der Waals surface area contributed by atoms with E-state index in [-0.39, 0.29) is 16.7 Å². The number of carbonyl (C=O) groups is 1. The fourth-order valence-electron chi connectivity index (χ4n) is 1.37. The summed E-state index contributed by atoms with van der Waals surface area (Å²) in [6.07, 6.45) is 0.737. The van der Waals surface area contributed by atoms with Gasteiger partial charge in [-0.3, -0.25) is 4.79 Å². The predicted octanol–water partition coefficient (Wildman–Crippen LogP) is 3.63. The molecule has 17 heavy (non-hydrogen) atoms. The summed E-state index contributed by atoms with van der Waals surface area (Å²) in [6.45, 7) is 1.94. The Labute approximate surface area is 114 Å². The highest BCUT2D eigenvalue weighted by Gasteiger charge is 2.17. The number of alkyl halides is 2. The lowest BCUT2D eigenvalue weighted by Gasteiger charge is -2.11. The van der Waals surface area contributed by atoms with Crippen molar-refractivity contribution in [3.05, 3.63) is 23.8 Å². The van der Waals surface area contributed by atoms with Crippen molar-refractivity contribution >= 4 is 33.3 Å². The predicted molar refractivity (Wildman–Crippen MR) is 71.7 cm³/mol. The normalized spacial score (nSPS) is 12.0. The third-order valence-electron chi connectivity index (χ3n) is 2.30. The van der Waals surface area contributed by atoms with E-state index in [1.807, 2.05) is 6.92 Å². The van der Waals surface area contributed by atoms with Gasteiger partial charge in [0.15, 0.2) is 23.3 Å². The van der Waals surface area contributed by atoms with Gasteiger partial charge in [0.25, 0.3) is 0 Å². The van der Waals surface area contributed by atoms with Crippen molar-refractivity contribution in [2.24, 2.45) is 0 Å². The summed E-state index contributed by atoms with van der Waals surface area (Å²) in [6, 6.07) is 5.09.